The minimum absolute atomic E-state index is 0. The first-order chi connectivity index (χ1) is 30.3. The molecule has 0 spiro atoms. The number of fused-ring (bicyclic) bond motifs is 3. The quantitative estimate of drug-likeness (QED) is 0.142. The van der Waals surface area contributed by atoms with Gasteiger partial charge >= 0.3 is 0 Å². The van der Waals surface area contributed by atoms with Crippen molar-refractivity contribution in [3.8, 4) is 28.4 Å². The Bertz CT molecular complexity index is 3000. The third kappa shape index (κ3) is 9.05. The van der Waals surface area contributed by atoms with Gasteiger partial charge in [-0.15, -0.1) is 53.6 Å². The molecule has 0 atom stereocenters. The van der Waals surface area contributed by atoms with Gasteiger partial charge in [-0.05, 0) is 86.0 Å². The van der Waals surface area contributed by atoms with E-state index in [1.54, 1.807) is 0 Å². The number of anilines is 2. The number of hydrogen-bond donors (Lipinski definition) is 0. The molecule has 3 heterocycles. The minimum atomic E-state index is -0.386. The zero-order chi connectivity index (χ0) is 45.2. The van der Waals surface area contributed by atoms with Crippen LogP contribution in [0.3, 0.4) is 0 Å². The topological polar surface area (TPSA) is 33.5 Å². The van der Waals surface area contributed by atoms with Crippen molar-refractivity contribution in [2.75, 3.05) is 9.80 Å². The van der Waals surface area contributed by atoms with Crippen LogP contribution >= 0.6 is 0 Å². The Balaban J connectivity index is 0.00000576. The number of nitrogens with zero attached hydrogens (tertiary/aromatic N) is 4. The van der Waals surface area contributed by atoms with Gasteiger partial charge in [-0.2, -0.15) is 6.07 Å². The zero-order valence-electron chi connectivity index (χ0n) is 39.5. The molecule has 6 heteroatoms. The molecule has 0 radical (unpaired) electrons. The third-order valence-corrected chi connectivity index (χ3v) is 12.7. The van der Waals surface area contributed by atoms with Crippen molar-refractivity contribution in [1.29, 1.82) is 0 Å². The van der Waals surface area contributed by atoms with Crippen molar-refractivity contribution in [3.63, 3.8) is 0 Å². The van der Waals surface area contributed by atoms with Gasteiger partial charge in [0.1, 0.15) is 5.82 Å². The summed E-state index contributed by atoms with van der Waals surface area (Å²) in [5.41, 5.74) is 11.8. The Hall–Kier alpha value is -5.90. The van der Waals surface area contributed by atoms with Crippen molar-refractivity contribution in [3.05, 3.63) is 199 Å². The largest absolute Gasteiger partial charge is 0.509 e. The first-order valence-corrected chi connectivity index (χ1v) is 22.4. The molecule has 0 saturated heterocycles. The number of allylic oxidation sites excluding steroid dienone is 1. The van der Waals surface area contributed by atoms with Crippen LogP contribution in [-0.2, 0) is 42.7 Å². The molecule has 1 aliphatic heterocycles. The molecule has 0 fully saturated rings. The number of pyridine rings is 1. The molecule has 6 aromatic carbocycles. The van der Waals surface area contributed by atoms with Gasteiger partial charge in [-0.3, -0.25) is 0 Å². The third-order valence-electron chi connectivity index (χ3n) is 12.7. The van der Waals surface area contributed by atoms with Crippen LogP contribution < -0.4 is 14.5 Å². The maximum atomic E-state index is 6.92. The number of para-hydroxylation sites is 1. The van der Waals surface area contributed by atoms with Gasteiger partial charge in [-0.25, -0.2) is 4.98 Å². The summed E-state index contributed by atoms with van der Waals surface area (Å²) >= 11 is 0. The van der Waals surface area contributed by atoms with Crippen LogP contribution in [0.15, 0.2) is 158 Å². The predicted molar refractivity (Wildman–Crippen MR) is 268 cm³/mol. The standard InChI is InChI=1S/C59H59N4O.Pt/c1-56(2,3)43-28-29-60-55(35-43)63-52-25-19-18-24-50(52)51-27-26-48(37-53(51)63)64-49-31-41(40-20-14-12-15-21-40)30-47(36-49)62-39-61(38-54(62)59(10,11)42-22-16-13-17-23-42)46-33-44(57(4,5)6)32-45(34-46)58(7,8)9;/h12-35,38-39H,1-11H3;/q-3;. The Morgan fingerprint density at radius 1 is 0.538 bits per heavy atom. The predicted octanol–water partition coefficient (Wildman–Crippen LogP) is 15.4. The molecular weight excluding hydrogens is 976 g/mol. The monoisotopic (exact) mass is 1030 g/mol. The Morgan fingerprint density at radius 3 is 1.83 bits per heavy atom. The summed E-state index contributed by atoms with van der Waals surface area (Å²) in [4.78, 5) is 9.48. The summed E-state index contributed by atoms with van der Waals surface area (Å²) in [6.45, 7) is 27.3. The van der Waals surface area contributed by atoms with E-state index in [0.717, 1.165) is 55.8 Å². The normalized spacial score (nSPS) is 13.6. The van der Waals surface area contributed by atoms with E-state index in [-0.39, 0.29) is 42.7 Å². The molecule has 0 bridgehead atoms. The molecule has 9 rings (SSSR count). The van der Waals surface area contributed by atoms with Gasteiger partial charge in [0.15, 0.2) is 0 Å². The second-order valence-electron chi connectivity index (χ2n) is 20.8. The van der Waals surface area contributed by atoms with E-state index < -0.39 is 0 Å². The van der Waals surface area contributed by atoms with E-state index in [2.05, 4.69) is 249 Å². The van der Waals surface area contributed by atoms with Crippen LogP contribution in [0.25, 0.3) is 38.8 Å². The van der Waals surface area contributed by atoms with E-state index in [9.17, 15) is 0 Å². The van der Waals surface area contributed by atoms with Gasteiger partial charge < -0.3 is 19.1 Å². The van der Waals surface area contributed by atoms with Gasteiger partial charge in [0, 0.05) is 61.1 Å². The van der Waals surface area contributed by atoms with Crippen molar-refractivity contribution in [2.24, 2.45) is 0 Å². The summed E-state index contributed by atoms with van der Waals surface area (Å²) in [7, 11) is 0. The molecule has 65 heavy (non-hydrogen) atoms. The van der Waals surface area contributed by atoms with Crippen LogP contribution in [0.1, 0.15) is 98.4 Å². The van der Waals surface area contributed by atoms with E-state index in [1.807, 2.05) is 12.3 Å². The van der Waals surface area contributed by atoms with Gasteiger partial charge in [-0.1, -0.05) is 167 Å². The van der Waals surface area contributed by atoms with Crippen LogP contribution in [0, 0.1) is 18.8 Å². The second-order valence-corrected chi connectivity index (χ2v) is 20.8. The van der Waals surface area contributed by atoms with Crippen LogP contribution in [-0.4, -0.2) is 9.55 Å². The van der Waals surface area contributed by atoms with E-state index in [1.165, 1.54) is 22.3 Å². The van der Waals surface area contributed by atoms with Crippen LogP contribution in [0.2, 0.25) is 0 Å². The summed E-state index contributed by atoms with van der Waals surface area (Å²) < 4.78 is 9.13. The van der Waals surface area contributed by atoms with E-state index >= 15 is 0 Å². The summed E-state index contributed by atoms with van der Waals surface area (Å²) in [5, 5.41) is 2.23. The number of benzene rings is 6. The molecule has 0 N–H and O–H groups in total. The zero-order valence-corrected chi connectivity index (χ0v) is 41.8. The van der Waals surface area contributed by atoms with Crippen LogP contribution in [0.5, 0.6) is 11.5 Å². The number of aromatic nitrogens is 2. The van der Waals surface area contributed by atoms with E-state index in [0.29, 0.717) is 11.5 Å². The van der Waals surface area contributed by atoms with Crippen molar-refractivity contribution >= 4 is 33.2 Å². The Kier molecular flexibility index (Phi) is 12.0. The molecule has 2 aromatic heterocycles. The fraction of sp³-hybridized carbons (Fsp3) is 0.254. The Morgan fingerprint density at radius 2 is 1.17 bits per heavy atom. The van der Waals surface area contributed by atoms with Crippen molar-refractivity contribution < 1.29 is 25.8 Å². The Labute approximate surface area is 401 Å². The fourth-order valence-corrected chi connectivity index (χ4v) is 8.65. The average molecular weight is 1040 g/mol. The SMILES string of the molecule is CC(C)(C)c1cc(N2C=C(C(C)(C)c3ccccc3)N(c3[c-]c(Oc4[c-]c5c(cc4)c4ccccc4n5-c4cc(C(C)(C)C)ccn4)cc(-c4ccccc4)c3)[CH-]2)cc(C(C)(C)C)c1.[Pt]. The number of ether oxygens (including phenoxy) is 1. The van der Waals surface area contributed by atoms with Gasteiger partial charge in [0.25, 0.3) is 0 Å². The number of rotatable bonds is 8. The minimum Gasteiger partial charge on any atom is -0.509 e. The van der Waals surface area contributed by atoms with Crippen LogP contribution in [0.4, 0.5) is 11.4 Å². The maximum absolute atomic E-state index is 6.92. The summed E-state index contributed by atoms with van der Waals surface area (Å²) in [6.07, 6.45) is 4.21. The second kappa shape index (κ2) is 17.1. The van der Waals surface area contributed by atoms with Gasteiger partial charge in [0.2, 0.25) is 0 Å². The molecule has 334 valence electrons. The molecular formula is C59H59N4OPt-3. The average Bonchev–Trinajstić information content (AvgIpc) is 3.87. The molecule has 5 nitrogen and oxygen atoms in total. The molecule has 0 amide bonds. The smallest absolute Gasteiger partial charge is 0.135 e. The first-order valence-electron chi connectivity index (χ1n) is 22.4. The maximum Gasteiger partial charge on any atom is 0.135 e. The number of hydrogen-bond acceptors (Lipinski definition) is 4. The fourth-order valence-electron chi connectivity index (χ4n) is 8.65. The molecule has 1 aliphatic rings. The molecule has 0 saturated carbocycles. The summed E-state index contributed by atoms with van der Waals surface area (Å²) in [5.74, 6) is 2.04. The molecule has 8 aromatic rings. The van der Waals surface area contributed by atoms with Gasteiger partial charge in [0.05, 0.1) is 0 Å². The summed E-state index contributed by atoms with van der Waals surface area (Å²) in [6, 6.07) is 57.1. The van der Waals surface area contributed by atoms with Crippen molar-refractivity contribution in [2.45, 2.75) is 97.8 Å². The molecule has 0 aliphatic carbocycles. The first kappa shape index (κ1) is 45.7. The molecule has 0 unspecified atom stereocenters. The van der Waals surface area contributed by atoms with Crippen molar-refractivity contribution in [1.82, 2.24) is 9.55 Å². The van der Waals surface area contributed by atoms with E-state index in [4.69, 9.17) is 9.72 Å².